The molecule has 0 fully saturated rings. The Morgan fingerprint density at radius 2 is 1.58 bits per heavy atom. The number of carbonyl (C=O) groups is 2. The van der Waals surface area contributed by atoms with Crippen LogP contribution in [0.2, 0.25) is 0 Å². The summed E-state index contributed by atoms with van der Waals surface area (Å²) in [7, 11) is 0. The molecule has 4 nitrogen and oxygen atoms in total. The summed E-state index contributed by atoms with van der Waals surface area (Å²) in [5, 5.41) is 12.3. The van der Waals surface area contributed by atoms with Crippen LogP contribution in [0.15, 0.2) is 42.2 Å². The largest absolute Gasteiger partial charge is 0.478 e. The van der Waals surface area contributed by atoms with E-state index < -0.39 is 11.9 Å². The molecular formula is C16H11Br4NO3. The van der Waals surface area contributed by atoms with Crippen LogP contribution < -0.4 is 5.32 Å². The van der Waals surface area contributed by atoms with Crippen molar-refractivity contribution in [3.05, 3.63) is 58.8 Å². The predicted molar refractivity (Wildman–Crippen MR) is 108 cm³/mol. The van der Waals surface area contributed by atoms with Crippen molar-refractivity contribution in [2.45, 2.75) is 13.3 Å². The molecule has 126 valence electrons. The molecule has 0 spiro atoms. The lowest BCUT2D eigenvalue weighted by atomic mass is 10.1. The first-order valence-corrected chi connectivity index (χ1v) is 9.94. The van der Waals surface area contributed by atoms with E-state index in [0.29, 0.717) is 19.1 Å². The van der Waals surface area contributed by atoms with Crippen LogP contribution in [0.5, 0.6) is 0 Å². The molecule has 0 bridgehead atoms. The van der Waals surface area contributed by atoms with E-state index in [-0.39, 0.29) is 15.6 Å². The second kappa shape index (κ2) is 8.12. The van der Waals surface area contributed by atoms with Crippen molar-refractivity contribution in [1.29, 1.82) is 0 Å². The van der Waals surface area contributed by atoms with Crippen molar-refractivity contribution in [2.75, 3.05) is 5.32 Å². The van der Waals surface area contributed by atoms with Crippen molar-refractivity contribution >= 4 is 81.3 Å². The number of carboxylic acid groups (broad SMARTS) is 1. The average molecular weight is 585 g/mol. The standard InChI is InChI=1S/C16H11Br4NO3/c1-2-7-4-3-5-8(6-7)21-15(22)9-10(16(23)24)12(18)14(20)13(19)11(9)17/h3-6H,2H2,1H3,(H,21,22)(H,23,24). The summed E-state index contributed by atoms with van der Waals surface area (Å²) in [6.45, 7) is 2.02. The topological polar surface area (TPSA) is 66.4 Å². The highest BCUT2D eigenvalue weighted by Crippen LogP contribution is 2.42. The van der Waals surface area contributed by atoms with E-state index in [1.54, 1.807) is 6.07 Å². The van der Waals surface area contributed by atoms with Crippen molar-refractivity contribution in [2.24, 2.45) is 0 Å². The van der Waals surface area contributed by atoms with Crippen LogP contribution in [0, 0.1) is 0 Å². The fraction of sp³-hybridized carbons (Fsp3) is 0.125. The highest BCUT2D eigenvalue weighted by molar-refractivity contribution is 9.15. The Morgan fingerprint density at radius 1 is 1.00 bits per heavy atom. The summed E-state index contributed by atoms with van der Waals surface area (Å²) in [4.78, 5) is 24.4. The second-order valence-electron chi connectivity index (χ2n) is 4.82. The Hall–Kier alpha value is -0.700. The number of carbonyl (C=O) groups excluding carboxylic acids is 1. The third kappa shape index (κ3) is 3.92. The van der Waals surface area contributed by atoms with Gasteiger partial charge in [0, 0.05) is 23.6 Å². The molecule has 0 aliphatic rings. The maximum Gasteiger partial charge on any atom is 0.337 e. The van der Waals surface area contributed by atoms with Crippen LogP contribution in [0.25, 0.3) is 0 Å². The number of amides is 1. The number of aromatic carboxylic acids is 1. The minimum absolute atomic E-state index is 0.0337. The molecule has 0 heterocycles. The minimum atomic E-state index is -1.21. The lowest BCUT2D eigenvalue weighted by Gasteiger charge is -2.15. The van der Waals surface area contributed by atoms with E-state index in [4.69, 9.17) is 0 Å². The molecule has 2 rings (SSSR count). The van der Waals surface area contributed by atoms with Crippen LogP contribution in [-0.4, -0.2) is 17.0 Å². The monoisotopic (exact) mass is 581 g/mol. The van der Waals surface area contributed by atoms with Crippen molar-refractivity contribution in [1.82, 2.24) is 0 Å². The van der Waals surface area contributed by atoms with E-state index >= 15 is 0 Å². The molecular weight excluding hydrogens is 574 g/mol. The maximum absolute atomic E-state index is 12.7. The summed E-state index contributed by atoms with van der Waals surface area (Å²) >= 11 is 13.2. The summed E-state index contributed by atoms with van der Waals surface area (Å²) in [6.07, 6.45) is 0.836. The summed E-state index contributed by atoms with van der Waals surface area (Å²) < 4.78 is 1.71. The molecule has 0 unspecified atom stereocenters. The molecule has 2 aromatic rings. The number of halogens is 4. The number of hydrogen-bond donors (Lipinski definition) is 2. The highest BCUT2D eigenvalue weighted by Gasteiger charge is 2.27. The van der Waals surface area contributed by atoms with Gasteiger partial charge in [0.15, 0.2) is 0 Å². The number of anilines is 1. The molecule has 2 aromatic carbocycles. The number of carboxylic acids is 1. The zero-order valence-electron chi connectivity index (χ0n) is 12.3. The van der Waals surface area contributed by atoms with Gasteiger partial charge in [0.25, 0.3) is 5.91 Å². The molecule has 0 radical (unpaired) electrons. The number of benzene rings is 2. The van der Waals surface area contributed by atoms with Gasteiger partial charge in [0.1, 0.15) is 0 Å². The number of aryl methyl sites for hydroxylation is 1. The lowest BCUT2D eigenvalue weighted by Crippen LogP contribution is -2.18. The third-order valence-electron chi connectivity index (χ3n) is 3.30. The summed E-state index contributed by atoms with van der Waals surface area (Å²) in [6, 6.07) is 7.42. The van der Waals surface area contributed by atoms with Crippen LogP contribution in [-0.2, 0) is 6.42 Å². The van der Waals surface area contributed by atoms with Crippen molar-refractivity contribution < 1.29 is 14.7 Å². The van der Waals surface area contributed by atoms with Crippen molar-refractivity contribution in [3.8, 4) is 0 Å². The van der Waals surface area contributed by atoms with E-state index in [1.165, 1.54) is 0 Å². The minimum Gasteiger partial charge on any atom is -0.478 e. The molecule has 0 saturated heterocycles. The molecule has 0 saturated carbocycles. The fourth-order valence-corrected chi connectivity index (χ4v) is 4.58. The smallest absolute Gasteiger partial charge is 0.337 e. The maximum atomic E-state index is 12.7. The number of hydrogen-bond acceptors (Lipinski definition) is 2. The van der Waals surface area contributed by atoms with Crippen LogP contribution in [0.3, 0.4) is 0 Å². The van der Waals surface area contributed by atoms with E-state index in [0.717, 1.165) is 12.0 Å². The molecule has 24 heavy (non-hydrogen) atoms. The highest BCUT2D eigenvalue weighted by atomic mass is 79.9. The van der Waals surface area contributed by atoms with Gasteiger partial charge in [-0.05, 0) is 87.8 Å². The fourth-order valence-electron chi connectivity index (χ4n) is 2.11. The van der Waals surface area contributed by atoms with Crippen LogP contribution in [0.1, 0.15) is 33.2 Å². The molecule has 0 atom stereocenters. The molecule has 2 N–H and O–H groups in total. The van der Waals surface area contributed by atoms with Crippen LogP contribution in [0.4, 0.5) is 5.69 Å². The SMILES string of the molecule is CCc1cccc(NC(=O)c2c(Br)c(Br)c(Br)c(Br)c2C(=O)O)c1. The van der Waals surface area contributed by atoms with Crippen molar-refractivity contribution in [3.63, 3.8) is 0 Å². The zero-order chi connectivity index (χ0) is 18.0. The molecule has 8 heteroatoms. The van der Waals surface area contributed by atoms with Gasteiger partial charge in [-0.25, -0.2) is 4.79 Å². The molecule has 1 amide bonds. The molecule has 0 aromatic heterocycles. The lowest BCUT2D eigenvalue weighted by molar-refractivity contribution is 0.0691. The average Bonchev–Trinajstić information content (AvgIpc) is 2.55. The first-order chi connectivity index (χ1) is 11.3. The van der Waals surface area contributed by atoms with Gasteiger partial charge in [-0.1, -0.05) is 19.1 Å². The van der Waals surface area contributed by atoms with Gasteiger partial charge >= 0.3 is 5.97 Å². The van der Waals surface area contributed by atoms with Gasteiger partial charge in [-0.3, -0.25) is 4.79 Å². The van der Waals surface area contributed by atoms with Gasteiger partial charge in [-0.15, -0.1) is 0 Å². The van der Waals surface area contributed by atoms with E-state index in [1.807, 2.05) is 25.1 Å². The summed E-state index contributed by atoms with van der Waals surface area (Å²) in [5.41, 5.74) is 1.59. The Bertz CT molecular complexity index is 837. The Kier molecular flexibility index (Phi) is 6.64. The Balaban J connectivity index is 2.54. The number of rotatable bonds is 4. The zero-order valence-corrected chi connectivity index (χ0v) is 18.6. The molecule has 0 aliphatic carbocycles. The van der Waals surface area contributed by atoms with Gasteiger partial charge < -0.3 is 10.4 Å². The van der Waals surface area contributed by atoms with E-state index in [9.17, 15) is 14.7 Å². The first kappa shape index (κ1) is 19.6. The van der Waals surface area contributed by atoms with Gasteiger partial charge in [-0.2, -0.15) is 0 Å². The Labute approximate surface area is 172 Å². The van der Waals surface area contributed by atoms with Gasteiger partial charge in [0.2, 0.25) is 0 Å². The quantitative estimate of drug-likeness (QED) is 0.330. The molecule has 0 aliphatic heterocycles. The van der Waals surface area contributed by atoms with Crippen LogP contribution >= 0.6 is 63.7 Å². The van der Waals surface area contributed by atoms with Gasteiger partial charge in [0.05, 0.1) is 11.1 Å². The predicted octanol–water partition coefficient (Wildman–Crippen LogP) is 6.25. The van der Waals surface area contributed by atoms with E-state index in [2.05, 4.69) is 69.0 Å². The Morgan fingerprint density at radius 3 is 2.12 bits per heavy atom. The summed E-state index contributed by atoms with van der Waals surface area (Å²) in [5.74, 6) is -1.72. The normalized spacial score (nSPS) is 10.5. The number of nitrogens with one attached hydrogen (secondary N) is 1. The second-order valence-corrected chi connectivity index (χ2v) is 7.99. The third-order valence-corrected chi connectivity index (χ3v) is 8.07. The first-order valence-electron chi connectivity index (χ1n) is 6.77.